The van der Waals surface area contributed by atoms with E-state index in [0.29, 0.717) is 6.42 Å². The van der Waals surface area contributed by atoms with E-state index in [4.69, 9.17) is 17.3 Å². The zero-order valence-electron chi connectivity index (χ0n) is 18.9. The fraction of sp³-hybridized carbons (Fsp3) is 0.522. The number of nitrogens with one attached hydrogen (secondary N) is 2. The van der Waals surface area contributed by atoms with Crippen molar-refractivity contribution in [2.24, 2.45) is 11.7 Å². The molecule has 0 unspecified atom stereocenters. The van der Waals surface area contributed by atoms with Crippen LogP contribution in [0.2, 0.25) is 0 Å². The van der Waals surface area contributed by atoms with Gasteiger partial charge in [-0.15, -0.1) is 11.6 Å². The predicted molar refractivity (Wildman–Crippen MR) is 123 cm³/mol. The van der Waals surface area contributed by atoms with Crippen LogP contribution in [-0.4, -0.2) is 52.4 Å². The number of benzene rings is 1. The Hall–Kier alpha value is -2.94. The third-order valence-corrected chi connectivity index (χ3v) is 5.95. The minimum Gasteiger partial charge on any atom is -0.366 e. The number of halogens is 1. The summed E-state index contributed by atoms with van der Waals surface area (Å²) in [4.78, 5) is 63.5. The Morgan fingerprint density at radius 3 is 2.45 bits per heavy atom. The molecule has 10 heteroatoms. The van der Waals surface area contributed by atoms with Gasteiger partial charge in [0.05, 0.1) is 0 Å². The molecule has 2 fully saturated rings. The smallest absolute Gasteiger partial charge is 0.289 e. The van der Waals surface area contributed by atoms with Gasteiger partial charge in [0, 0.05) is 29.3 Å². The van der Waals surface area contributed by atoms with Crippen molar-refractivity contribution in [3.8, 4) is 0 Å². The van der Waals surface area contributed by atoms with E-state index in [0.717, 1.165) is 17.7 Å². The average molecular weight is 477 g/mol. The molecule has 3 rings (SSSR count). The number of hydrogen-bond donors (Lipinski definition) is 3. The lowest BCUT2D eigenvalue weighted by Crippen LogP contribution is -2.55. The van der Waals surface area contributed by atoms with Gasteiger partial charge in [-0.3, -0.25) is 28.9 Å². The van der Waals surface area contributed by atoms with E-state index in [1.54, 1.807) is 0 Å². The number of alkyl halides is 1. The van der Waals surface area contributed by atoms with Crippen molar-refractivity contribution >= 4 is 46.7 Å². The van der Waals surface area contributed by atoms with Crippen molar-refractivity contribution in [3.05, 3.63) is 29.8 Å². The molecule has 1 aromatic rings. The number of amides is 4. The Bertz CT molecular complexity index is 985. The number of ketones is 1. The molecular weight excluding hydrogens is 448 g/mol. The van der Waals surface area contributed by atoms with Gasteiger partial charge in [0.15, 0.2) is 0 Å². The van der Waals surface area contributed by atoms with Crippen LogP contribution in [0.4, 0.5) is 5.69 Å². The summed E-state index contributed by atoms with van der Waals surface area (Å²) in [5.74, 6) is -3.83. The van der Waals surface area contributed by atoms with Gasteiger partial charge in [0.2, 0.25) is 23.5 Å². The molecular formula is C23H29ClN4O5. The Morgan fingerprint density at radius 2 is 1.94 bits per heavy atom. The van der Waals surface area contributed by atoms with Crippen LogP contribution >= 0.6 is 11.6 Å². The number of hydrogen-bond acceptors (Lipinski definition) is 5. The van der Waals surface area contributed by atoms with E-state index >= 15 is 0 Å². The topological polar surface area (TPSA) is 139 Å². The summed E-state index contributed by atoms with van der Waals surface area (Å²) in [5, 5.41) is 5.46. The Balaban J connectivity index is 2.06. The quantitative estimate of drug-likeness (QED) is 0.364. The molecule has 4 N–H and O–H groups in total. The number of carbonyl (C=O) groups is 5. The average Bonchev–Trinajstić information content (AvgIpc) is 3.49. The van der Waals surface area contributed by atoms with Crippen LogP contribution in [0.1, 0.15) is 56.8 Å². The normalized spacial score (nSPS) is 21.2. The van der Waals surface area contributed by atoms with Crippen LogP contribution in [0.5, 0.6) is 0 Å². The minimum atomic E-state index is -1.43. The number of rotatable bonds is 9. The molecule has 0 bridgehead atoms. The lowest BCUT2D eigenvalue weighted by molar-refractivity contribution is -0.140. The van der Waals surface area contributed by atoms with Crippen molar-refractivity contribution in [1.82, 2.24) is 10.6 Å². The van der Waals surface area contributed by atoms with Gasteiger partial charge in [-0.1, -0.05) is 6.07 Å². The van der Waals surface area contributed by atoms with Gasteiger partial charge in [0.25, 0.3) is 5.91 Å². The third kappa shape index (κ3) is 5.90. The first kappa shape index (κ1) is 24.7. The van der Waals surface area contributed by atoms with E-state index in [2.05, 4.69) is 10.6 Å². The van der Waals surface area contributed by atoms with E-state index in [1.807, 2.05) is 6.92 Å². The number of primary amides is 1. The van der Waals surface area contributed by atoms with Crippen molar-refractivity contribution in [2.45, 2.75) is 69.5 Å². The number of nitrogens with two attached hydrogens (primary N) is 1. The standard InChI is InChI=1S/C23H29ClN4O5/c1-12-9-14(20(31)26-12)11-17(18(29)21(32)27-15-7-8-15)28(22(33)23(2,3)24)16-6-4-5-13(10-16)19(25)30/h4-6,10,12,14-15,17H,7-9,11H2,1-3H3,(H2,25,30)(H,26,31)(H,27,32)/t12-,14+,17+/m1/s1. The van der Waals surface area contributed by atoms with Gasteiger partial charge in [-0.25, -0.2) is 0 Å². The Labute approximate surface area is 197 Å². The molecule has 2 aliphatic rings. The number of anilines is 1. The first-order valence-electron chi connectivity index (χ1n) is 11.0. The summed E-state index contributed by atoms with van der Waals surface area (Å²) < 4.78 is 0. The fourth-order valence-corrected chi connectivity index (χ4v) is 4.02. The number of carbonyl (C=O) groups excluding carboxylic acids is 5. The summed E-state index contributed by atoms with van der Waals surface area (Å²) in [6.07, 6.45) is 1.96. The van der Waals surface area contributed by atoms with Crippen molar-refractivity contribution < 1.29 is 24.0 Å². The Morgan fingerprint density at radius 1 is 1.27 bits per heavy atom. The molecule has 1 aromatic carbocycles. The van der Waals surface area contributed by atoms with E-state index in [1.165, 1.54) is 38.1 Å². The largest absolute Gasteiger partial charge is 0.366 e. The minimum absolute atomic E-state index is 0.0629. The number of nitrogens with zero attached hydrogens (tertiary/aromatic N) is 1. The first-order valence-corrected chi connectivity index (χ1v) is 11.3. The van der Waals surface area contributed by atoms with Gasteiger partial charge < -0.3 is 16.4 Å². The number of Topliss-reactive ketones (excluding diaryl/α,β-unsaturated/α-hetero) is 1. The SMILES string of the molecule is C[C@@H]1C[C@@H](C[C@@H](C(=O)C(=O)NC2CC2)N(C(=O)C(C)(C)Cl)c2cccc(C(N)=O)c2)C(=O)N1. The van der Waals surface area contributed by atoms with E-state index in [9.17, 15) is 24.0 Å². The molecule has 0 aromatic heterocycles. The lowest BCUT2D eigenvalue weighted by Gasteiger charge is -2.35. The summed E-state index contributed by atoms with van der Waals surface area (Å²) in [6, 6.07) is 4.45. The third-order valence-electron chi connectivity index (χ3n) is 5.79. The summed E-state index contributed by atoms with van der Waals surface area (Å²) in [7, 11) is 0. The highest BCUT2D eigenvalue weighted by atomic mass is 35.5. The maximum atomic E-state index is 13.5. The molecule has 1 heterocycles. The second-order valence-corrected chi connectivity index (χ2v) is 10.2. The summed E-state index contributed by atoms with van der Waals surface area (Å²) >= 11 is 6.35. The van der Waals surface area contributed by atoms with Crippen LogP contribution in [-0.2, 0) is 19.2 Å². The summed E-state index contributed by atoms with van der Waals surface area (Å²) in [5.41, 5.74) is 5.72. The van der Waals surface area contributed by atoms with Crippen LogP contribution in [0.15, 0.2) is 24.3 Å². The highest BCUT2D eigenvalue weighted by molar-refractivity contribution is 6.41. The van der Waals surface area contributed by atoms with Crippen molar-refractivity contribution in [2.75, 3.05) is 4.90 Å². The lowest BCUT2D eigenvalue weighted by atomic mass is 9.91. The fourth-order valence-electron chi connectivity index (χ4n) is 3.93. The Kier molecular flexibility index (Phi) is 7.11. The van der Waals surface area contributed by atoms with Gasteiger partial charge in [-0.05, 0) is 64.7 Å². The highest BCUT2D eigenvalue weighted by Gasteiger charge is 2.44. The molecule has 9 nitrogen and oxygen atoms in total. The second-order valence-electron chi connectivity index (χ2n) is 9.27. The molecule has 1 saturated heterocycles. The van der Waals surface area contributed by atoms with E-state index < -0.39 is 40.3 Å². The van der Waals surface area contributed by atoms with Crippen LogP contribution in [0, 0.1) is 5.92 Å². The molecule has 4 amide bonds. The van der Waals surface area contributed by atoms with Crippen LogP contribution in [0.3, 0.4) is 0 Å². The van der Waals surface area contributed by atoms with Crippen molar-refractivity contribution in [1.29, 1.82) is 0 Å². The maximum Gasteiger partial charge on any atom is 0.289 e. The van der Waals surface area contributed by atoms with E-state index in [-0.39, 0.29) is 35.7 Å². The molecule has 0 radical (unpaired) electrons. The molecule has 3 atom stereocenters. The molecule has 33 heavy (non-hydrogen) atoms. The van der Waals surface area contributed by atoms with Gasteiger partial charge >= 0.3 is 0 Å². The molecule has 178 valence electrons. The van der Waals surface area contributed by atoms with Gasteiger partial charge in [-0.2, -0.15) is 0 Å². The first-order chi connectivity index (χ1) is 15.4. The van der Waals surface area contributed by atoms with Crippen LogP contribution in [0.25, 0.3) is 0 Å². The monoisotopic (exact) mass is 476 g/mol. The predicted octanol–water partition coefficient (Wildman–Crippen LogP) is 1.27. The highest BCUT2D eigenvalue weighted by Crippen LogP contribution is 2.31. The molecule has 1 aliphatic heterocycles. The molecule has 1 aliphatic carbocycles. The molecule has 0 spiro atoms. The molecule has 1 saturated carbocycles. The van der Waals surface area contributed by atoms with Crippen LogP contribution < -0.4 is 21.3 Å². The van der Waals surface area contributed by atoms with Crippen molar-refractivity contribution in [3.63, 3.8) is 0 Å². The zero-order valence-corrected chi connectivity index (χ0v) is 19.6. The summed E-state index contributed by atoms with van der Waals surface area (Å²) in [6.45, 7) is 4.78. The van der Waals surface area contributed by atoms with Gasteiger partial charge in [0.1, 0.15) is 10.9 Å². The second kappa shape index (κ2) is 9.51. The zero-order chi connectivity index (χ0) is 24.5. The maximum absolute atomic E-state index is 13.5.